The summed E-state index contributed by atoms with van der Waals surface area (Å²) >= 11 is 0. The van der Waals surface area contributed by atoms with Gasteiger partial charge in [-0.3, -0.25) is 4.98 Å². The van der Waals surface area contributed by atoms with Gasteiger partial charge in [-0.05, 0) is 48.5 Å². The minimum atomic E-state index is -0.229. The number of ether oxygens (including phenoxy) is 1. The van der Waals surface area contributed by atoms with Gasteiger partial charge in [-0.15, -0.1) is 0 Å². The van der Waals surface area contributed by atoms with E-state index in [1.165, 1.54) is 0 Å². The molecule has 1 N–H and O–H groups in total. The molecule has 0 bridgehead atoms. The molecular weight excluding hydrogens is 318 g/mol. The summed E-state index contributed by atoms with van der Waals surface area (Å²) in [6, 6.07) is 16.2. The highest BCUT2D eigenvalue weighted by molar-refractivity contribution is 5.89. The van der Waals surface area contributed by atoms with Crippen molar-refractivity contribution >= 4 is 11.7 Å². The van der Waals surface area contributed by atoms with Crippen LogP contribution in [0.15, 0.2) is 71.5 Å². The molecule has 3 rings (SSSR count). The van der Waals surface area contributed by atoms with Gasteiger partial charge in [0.05, 0.1) is 32.2 Å². The fraction of sp³-hybridized carbons (Fsp3) is 0.158. The van der Waals surface area contributed by atoms with Gasteiger partial charge in [-0.2, -0.15) is 0 Å². The Morgan fingerprint density at radius 2 is 1.96 bits per heavy atom. The summed E-state index contributed by atoms with van der Waals surface area (Å²) in [6.45, 7) is 0.731. The molecule has 6 heteroatoms. The minimum Gasteiger partial charge on any atom is -0.497 e. The number of pyridine rings is 1. The van der Waals surface area contributed by atoms with Crippen molar-refractivity contribution in [3.8, 4) is 5.75 Å². The van der Waals surface area contributed by atoms with Crippen molar-refractivity contribution in [2.45, 2.75) is 13.1 Å². The summed E-state index contributed by atoms with van der Waals surface area (Å²) in [6.07, 6.45) is 3.30. The maximum absolute atomic E-state index is 12.7. The Kier molecular flexibility index (Phi) is 5.31. The van der Waals surface area contributed by atoms with Gasteiger partial charge in [0.2, 0.25) is 0 Å². The summed E-state index contributed by atoms with van der Waals surface area (Å²) in [7, 11) is 1.60. The average Bonchev–Trinajstić information content (AvgIpc) is 3.16. The number of nitrogens with one attached hydrogen (secondary N) is 1. The Bertz CT molecular complexity index is 787. The van der Waals surface area contributed by atoms with E-state index in [1.807, 2.05) is 24.3 Å². The van der Waals surface area contributed by atoms with Crippen LogP contribution in [-0.2, 0) is 13.1 Å². The van der Waals surface area contributed by atoms with E-state index < -0.39 is 0 Å². The van der Waals surface area contributed by atoms with Crippen LogP contribution in [0.3, 0.4) is 0 Å². The average molecular weight is 337 g/mol. The van der Waals surface area contributed by atoms with E-state index in [2.05, 4.69) is 10.3 Å². The zero-order chi connectivity index (χ0) is 17.5. The first kappa shape index (κ1) is 16.6. The number of furan rings is 1. The quantitative estimate of drug-likeness (QED) is 0.740. The lowest BCUT2D eigenvalue weighted by Gasteiger charge is -2.22. The number of hydrogen-bond acceptors (Lipinski definition) is 4. The maximum atomic E-state index is 12.7. The zero-order valence-electron chi connectivity index (χ0n) is 13.9. The molecule has 0 aliphatic rings. The molecule has 1 aromatic carbocycles. The predicted octanol–water partition coefficient (Wildman–Crippen LogP) is 3.92. The second-order valence-corrected chi connectivity index (χ2v) is 5.42. The van der Waals surface area contributed by atoms with Gasteiger partial charge < -0.3 is 19.4 Å². The number of hydrogen-bond donors (Lipinski definition) is 1. The van der Waals surface area contributed by atoms with E-state index >= 15 is 0 Å². The summed E-state index contributed by atoms with van der Waals surface area (Å²) in [5.74, 6) is 1.44. The first-order valence-corrected chi connectivity index (χ1v) is 7.87. The lowest BCUT2D eigenvalue weighted by molar-refractivity contribution is 0.200. The zero-order valence-corrected chi connectivity index (χ0v) is 13.9. The van der Waals surface area contributed by atoms with Crippen LogP contribution >= 0.6 is 0 Å². The third kappa shape index (κ3) is 4.60. The van der Waals surface area contributed by atoms with Gasteiger partial charge in [0.25, 0.3) is 0 Å². The van der Waals surface area contributed by atoms with Crippen molar-refractivity contribution < 1.29 is 13.9 Å². The normalized spacial score (nSPS) is 10.3. The number of rotatable bonds is 6. The number of carbonyl (C=O) groups excluding carboxylic acids is 1. The fourth-order valence-corrected chi connectivity index (χ4v) is 2.35. The van der Waals surface area contributed by atoms with Crippen molar-refractivity contribution in [2.75, 3.05) is 12.4 Å². The fourth-order valence-electron chi connectivity index (χ4n) is 2.35. The maximum Gasteiger partial charge on any atom is 0.322 e. The van der Waals surface area contributed by atoms with Gasteiger partial charge in [0.1, 0.15) is 11.5 Å². The lowest BCUT2D eigenvalue weighted by atomic mass is 10.3. The molecule has 0 radical (unpaired) electrons. The molecule has 0 atom stereocenters. The summed E-state index contributed by atoms with van der Waals surface area (Å²) < 4.78 is 10.5. The molecular formula is C19H19N3O3. The third-order valence-corrected chi connectivity index (χ3v) is 3.63. The van der Waals surface area contributed by atoms with Gasteiger partial charge in [0.15, 0.2) is 0 Å². The molecule has 0 saturated carbocycles. The molecule has 6 nitrogen and oxygen atoms in total. The second-order valence-electron chi connectivity index (χ2n) is 5.42. The van der Waals surface area contributed by atoms with E-state index in [4.69, 9.17) is 9.15 Å². The van der Waals surface area contributed by atoms with Crippen LogP contribution in [0.25, 0.3) is 0 Å². The van der Waals surface area contributed by atoms with Gasteiger partial charge in [-0.25, -0.2) is 4.79 Å². The number of amides is 2. The molecule has 128 valence electrons. The molecule has 0 saturated heterocycles. The number of nitrogens with zero attached hydrogens (tertiary/aromatic N) is 2. The van der Waals surface area contributed by atoms with Crippen LogP contribution in [0.4, 0.5) is 10.5 Å². The van der Waals surface area contributed by atoms with Gasteiger partial charge in [-0.1, -0.05) is 6.07 Å². The molecule has 0 aliphatic heterocycles. The predicted molar refractivity (Wildman–Crippen MR) is 94.2 cm³/mol. The first-order valence-electron chi connectivity index (χ1n) is 7.87. The third-order valence-electron chi connectivity index (χ3n) is 3.63. The van der Waals surface area contributed by atoms with E-state index in [0.29, 0.717) is 24.5 Å². The molecule has 2 heterocycles. The highest BCUT2D eigenvalue weighted by Crippen LogP contribution is 2.17. The first-order chi connectivity index (χ1) is 12.2. The number of anilines is 1. The lowest BCUT2D eigenvalue weighted by Crippen LogP contribution is -2.34. The number of benzene rings is 1. The minimum absolute atomic E-state index is 0.229. The Morgan fingerprint density at radius 1 is 1.12 bits per heavy atom. The van der Waals surface area contributed by atoms with Gasteiger partial charge in [0, 0.05) is 11.9 Å². The molecule has 0 fully saturated rings. The molecule has 0 aliphatic carbocycles. The number of urea groups is 1. The van der Waals surface area contributed by atoms with Crippen LogP contribution in [0, 0.1) is 0 Å². The smallest absolute Gasteiger partial charge is 0.322 e. The van der Waals surface area contributed by atoms with Crippen molar-refractivity contribution in [3.63, 3.8) is 0 Å². The van der Waals surface area contributed by atoms with Crippen molar-refractivity contribution in [2.24, 2.45) is 0 Å². The highest BCUT2D eigenvalue weighted by Gasteiger charge is 2.16. The van der Waals surface area contributed by atoms with E-state index in [-0.39, 0.29) is 6.03 Å². The Morgan fingerprint density at radius 3 is 2.60 bits per heavy atom. The van der Waals surface area contributed by atoms with Crippen molar-refractivity contribution in [3.05, 3.63) is 78.5 Å². The summed E-state index contributed by atoms with van der Waals surface area (Å²) in [4.78, 5) is 18.6. The summed E-state index contributed by atoms with van der Waals surface area (Å²) in [5, 5.41) is 2.89. The largest absolute Gasteiger partial charge is 0.497 e. The summed E-state index contributed by atoms with van der Waals surface area (Å²) in [5.41, 5.74) is 1.50. The molecule has 0 spiro atoms. The van der Waals surface area contributed by atoms with E-state index in [9.17, 15) is 4.79 Å². The van der Waals surface area contributed by atoms with Crippen LogP contribution in [-0.4, -0.2) is 23.0 Å². The van der Waals surface area contributed by atoms with Crippen LogP contribution in [0.2, 0.25) is 0 Å². The number of aromatic nitrogens is 1. The van der Waals surface area contributed by atoms with Gasteiger partial charge >= 0.3 is 6.03 Å². The van der Waals surface area contributed by atoms with Crippen LogP contribution in [0.5, 0.6) is 5.75 Å². The highest BCUT2D eigenvalue weighted by atomic mass is 16.5. The Hall–Kier alpha value is -3.28. The van der Waals surface area contributed by atoms with E-state index in [1.54, 1.807) is 54.8 Å². The van der Waals surface area contributed by atoms with E-state index in [0.717, 1.165) is 11.4 Å². The molecule has 25 heavy (non-hydrogen) atoms. The van der Waals surface area contributed by atoms with Crippen molar-refractivity contribution in [1.82, 2.24) is 9.88 Å². The molecule has 2 amide bonds. The van der Waals surface area contributed by atoms with Crippen LogP contribution in [0.1, 0.15) is 11.5 Å². The Labute approximate surface area is 146 Å². The number of carbonyl (C=O) groups is 1. The standard InChI is InChI=1S/C19H19N3O3/c1-24-17-9-7-15(8-10-17)21-19(23)22(14-18-6-4-12-25-18)13-16-5-2-3-11-20-16/h2-12H,13-14H2,1H3,(H,21,23). The molecule has 0 unspecified atom stereocenters. The molecule has 3 aromatic rings. The molecule has 2 aromatic heterocycles. The van der Waals surface area contributed by atoms with Crippen LogP contribution < -0.4 is 10.1 Å². The topological polar surface area (TPSA) is 67.6 Å². The number of methoxy groups -OCH3 is 1. The SMILES string of the molecule is COc1ccc(NC(=O)N(Cc2ccccn2)Cc2ccco2)cc1. The Balaban J connectivity index is 1.73. The van der Waals surface area contributed by atoms with Crippen molar-refractivity contribution in [1.29, 1.82) is 0 Å². The monoisotopic (exact) mass is 337 g/mol. The second kappa shape index (κ2) is 8.01.